The summed E-state index contributed by atoms with van der Waals surface area (Å²) in [4.78, 5) is 12.8. The van der Waals surface area contributed by atoms with Crippen molar-refractivity contribution < 1.29 is 14.3 Å². The first-order chi connectivity index (χ1) is 9.91. The Balaban J connectivity index is 2.16. The highest BCUT2D eigenvalue weighted by atomic mass is 35.5. The third kappa shape index (κ3) is 3.84. The standard InChI is InChI=1S/C16H14ClFO2S/c1-16(18,14(19)11-7-9-12(17)10-8-11)15(20)21-13-5-3-2-4-6-13/h2-10,14,19H,1H3/t14-,16-/m1/s1. The highest BCUT2D eigenvalue weighted by Gasteiger charge is 2.42. The van der Waals surface area contributed by atoms with Crippen LogP contribution in [0.3, 0.4) is 0 Å². The summed E-state index contributed by atoms with van der Waals surface area (Å²) in [7, 11) is 0. The number of carbonyl (C=O) groups excluding carboxylic acids is 1. The van der Waals surface area contributed by atoms with E-state index in [1.807, 2.05) is 6.07 Å². The molecule has 2 nitrogen and oxygen atoms in total. The molecule has 0 aliphatic carbocycles. The molecule has 0 saturated heterocycles. The normalized spacial score (nSPS) is 15.2. The van der Waals surface area contributed by atoms with Crippen molar-refractivity contribution in [2.24, 2.45) is 0 Å². The summed E-state index contributed by atoms with van der Waals surface area (Å²) in [6.45, 7) is 1.09. The molecule has 0 aliphatic heterocycles. The van der Waals surface area contributed by atoms with E-state index in [-0.39, 0.29) is 0 Å². The zero-order chi connectivity index (χ0) is 15.5. The van der Waals surface area contributed by atoms with Gasteiger partial charge in [-0.3, -0.25) is 4.79 Å². The van der Waals surface area contributed by atoms with Crippen LogP contribution in [-0.2, 0) is 4.79 Å². The first-order valence-electron chi connectivity index (χ1n) is 6.31. The largest absolute Gasteiger partial charge is 0.385 e. The summed E-state index contributed by atoms with van der Waals surface area (Å²) >= 11 is 6.53. The number of thioether (sulfide) groups is 1. The molecule has 0 heterocycles. The van der Waals surface area contributed by atoms with Crippen LogP contribution in [0.4, 0.5) is 4.39 Å². The van der Waals surface area contributed by atoms with Gasteiger partial charge in [-0.1, -0.05) is 41.9 Å². The zero-order valence-electron chi connectivity index (χ0n) is 11.3. The van der Waals surface area contributed by atoms with Crippen LogP contribution in [0, 0.1) is 0 Å². The van der Waals surface area contributed by atoms with Gasteiger partial charge in [0, 0.05) is 9.92 Å². The lowest BCUT2D eigenvalue weighted by Crippen LogP contribution is -2.35. The van der Waals surface area contributed by atoms with Crippen LogP contribution in [0.5, 0.6) is 0 Å². The lowest BCUT2D eigenvalue weighted by Gasteiger charge is -2.25. The predicted molar refractivity (Wildman–Crippen MR) is 83.2 cm³/mol. The predicted octanol–water partition coefficient (Wildman–Crippen LogP) is 4.42. The van der Waals surface area contributed by atoms with E-state index in [4.69, 9.17) is 11.6 Å². The minimum absolute atomic E-state index is 0.311. The summed E-state index contributed by atoms with van der Waals surface area (Å²) in [6, 6.07) is 14.9. The topological polar surface area (TPSA) is 37.3 Å². The number of hydrogen-bond acceptors (Lipinski definition) is 3. The molecule has 0 bridgehead atoms. The minimum atomic E-state index is -2.39. The fourth-order valence-corrected chi connectivity index (χ4v) is 2.71. The van der Waals surface area contributed by atoms with E-state index >= 15 is 0 Å². The number of aliphatic hydroxyl groups is 1. The van der Waals surface area contributed by atoms with E-state index < -0.39 is 16.9 Å². The lowest BCUT2D eigenvalue weighted by atomic mass is 9.96. The number of hydrogen-bond donors (Lipinski definition) is 1. The molecule has 0 amide bonds. The smallest absolute Gasteiger partial charge is 0.233 e. The quantitative estimate of drug-likeness (QED) is 0.846. The fourth-order valence-electron chi connectivity index (χ4n) is 1.77. The van der Waals surface area contributed by atoms with Crippen molar-refractivity contribution in [3.05, 3.63) is 65.2 Å². The Bertz CT molecular complexity index is 614. The van der Waals surface area contributed by atoms with Gasteiger partial charge in [-0.05, 0) is 48.5 Å². The van der Waals surface area contributed by atoms with Gasteiger partial charge in [0.1, 0.15) is 6.10 Å². The van der Waals surface area contributed by atoms with E-state index in [1.165, 1.54) is 12.1 Å². The number of aliphatic hydroxyl groups excluding tert-OH is 1. The fraction of sp³-hybridized carbons (Fsp3) is 0.188. The molecular weight excluding hydrogens is 311 g/mol. The average molecular weight is 325 g/mol. The molecule has 0 aliphatic rings. The second-order valence-corrected chi connectivity index (χ2v) is 6.22. The molecule has 0 radical (unpaired) electrons. The second kappa shape index (κ2) is 6.60. The Kier molecular flexibility index (Phi) is 5.04. The van der Waals surface area contributed by atoms with Gasteiger partial charge in [0.2, 0.25) is 10.8 Å². The number of carbonyl (C=O) groups is 1. The van der Waals surface area contributed by atoms with E-state index in [0.29, 0.717) is 15.5 Å². The van der Waals surface area contributed by atoms with E-state index in [0.717, 1.165) is 18.7 Å². The number of halogens is 2. The summed E-state index contributed by atoms with van der Waals surface area (Å²) in [5, 5.41) is 9.88. The molecule has 0 saturated carbocycles. The Labute approximate surface area is 131 Å². The number of rotatable bonds is 4. The molecule has 2 rings (SSSR count). The third-order valence-electron chi connectivity index (χ3n) is 3.05. The van der Waals surface area contributed by atoms with Gasteiger partial charge in [-0.15, -0.1) is 0 Å². The van der Waals surface area contributed by atoms with E-state index in [1.54, 1.807) is 36.4 Å². The van der Waals surface area contributed by atoms with Crippen LogP contribution in [0.25, 0.3) is 0 Å². The molecule has 2 atom stereocenters. The highest BCUT2D eigenvalue weighted by Crippen LogP contribution is 2.36. The maximum atomic E-state index is 14.7. The van der Waals surface area contributed by atoms with Crippen LogP contribution in [-0.4, -0.2) is 15.9 Å². The van der Waals surface area contributed by atoms with Gasteiger partial charge in [0.05, 0.1) is 0 Å². The van der Waals surface area contributed by atoms with E-state index in [9.17, 15) is 14.3 Å². The molecule has 0 aromatic heterocycles. The first kappa shape index (κ1) is 16.0. The van der Waals surface area contributed by atoms with Gasteiger partial charge < -0.3 is 5.11 Å². The van der Waals surface area contributed by atoms with Crippen molar-refractivity contribution >= 4 is 28.5 Å². The van der Waals surface area contributed by atoms with Crippen LogP contribution >= 0.6 is 23.4 Å². The van der Waals surface area contributed by atoms with Gasteiger partial charge in [0.15, 0.2) is 0 Å². The summed E-state index contributed by atoms with van der Waals surface area (Å²) in [6.07, 6.45) is -1.54. The lowest BCUT2D eigenvalue weighted by molar-refractivity contribution is -0.127. The summed E-state index contributed by atoms with van der Waals surface area (Å²) in [5.41, 5.74) is -2.08. The molecule has 110 valence electrons. The molecule has 1 N–H and O–H groups in total. The molecule has 21 heavy (non-hydrogen) atoms. The van der Waals surface area contributed by atoms with Crippen molar-refractivity contribution in [3.8, 4) is 0 Å². The Morgan fingerprint density at radius 2 is 1.76 bits per heavy atom. The van der Waals surface area contributed by atoms with Crippen LogP contribution in [0.2, 0.25) is 5.02 Å². The summed E-state index contributed by atoms with van der Waals surface area (Å²) in [5.74, 6) is 0. The highest BCUT2D eigenvalue weighted by molar-refractivity contribution is 8.13. The van der Waals surface area contributed by atoms with Crippen molar-refractivity contribution in [1.82, 2.24) is 0 Å². The first-order valence-corrected chi connectivity index (χ1v) is 7.50. The van der Waals surface area contributed by atoms with Crippen LogP contribution in [0.1, 0.15) is 18.6 Å². The molecule has 0 unspecified atom stereocenters. The number of alkyl halides is 1. The van der Waals surface area contributed by atoms with Crippen molar-refractivity contribution in [3.63, 3.8) is 0 Å². The van der Waals surface area contributed by atoms with Gasteiger partial charge in [-0.2, -0.15) is 0 Å². The van der Waals surface area contributed by atoms with Gasteiger partial charge in [-0.25, -0.2) is 4.39 Å². The van der Waals surface area contributed by atoms with Crippen LogP contribution < -0.4 is 0 Å². The Morgan fingerprint density at radius 3 is 2.33 bits per heavy atom. The van der Waals surface area contributed by atoms with Crippen molar-refractivity contribution in [2.45, 2.75) is 23.6 Å². The zero-order valence-corrected chi connectivity index (χ0v) is 12.9. The second-order valence-electron chi connectivity index (χ2n) is 4.73. The van der Waals surface area contributed by atoms with Crippen molar-refractivity contribution in [1.29, 1.82) is 0 Å². The average Bonchev–Trinajstić information content (AvgIpc) is 2.48. The molecule has 0 fully saturated rings. The van der Waals surface area contributed by atoms with Gasteiger partial charge >= 0.3 is 0 Å². The molecule has 0 spiro atoms. The maximum Gasteiger partial charge on any atom is 0.233 e. The third-order valence-corrected chi connectivity index (χ3v) is 4.40. The molecule has 2 aromatic rings. The summed E-state index contributed by atoms with van der Waals surface area (Å²) < 4.78 is 14.7. The SMILES string of the molecule is C[C@](F)(C(=O)Sc1ccccc1)[C@H](O)c1ccc(Cl)cc1. The number of benzene rings is 2. The maximum absolute atomic E-state index is 14.7. The molecular formula is C16H14ClFO2S. The minimum Gasteiger partial charge on any atom is -0.385 e. The van der Waals surface area contributed by atoms with E-state index in [2.05, 4.69) is 0 Å². The Morgan fingerprint density at radius 1 is 1.19 bits per heavy atom. The molecule has 5 heteroatoms. The van der Waals surface area contributed by atoms with Crippen LogP contribution in [0.15, 0.2) is 59.5 Å². The molecule has 2 aromatic carbocycles. The van der Waals surface area contributed by atoms with Crippen molar-refractivity contribution in [2.75, 3.05) is 0 Å². The monoisotopic (exact) mass is 324 g/mol. The van der Waals surface area contributed by atoms with Gasteiger partial charge in [0.25, 0.3) is 0 Å². The Hall–Kier alpha value is -1.36.